The highest BCUT2D eigenvalue weighted by Crippen LogP contribution is 2.29. The van der Waals surface area contributed by atoms with E-state index in [1.54, 1.807) is 0 Å². The molecule has 1 N–H and O–H groups in total. The van der Waals surface area contributed by atoms with Crippen LogP contribution in [0.1, 0.15) is 18.1 Å². The molecular weight excluding hydrogens is 402 g/mol. The van der Waals surface area contributed by atoms with E-state index in [4.69, 9.17) is 24.5 Å². The first kappa shape index (κ1) is 22.7. The molecule has 1 fully saturated rings. The highest BCUT2D eigenvalue weighted by atomic mass is 16.7. The second-order valence-corrected chi connectivity index (χ2v) is 7.10. The number of rotatable bonds is 9. The largest absolute Gasteiger partial charge is 0.457 e. The lowest BCUT2D eigenvalue weighted by Crippen LogP contribution is -2.60. The van der Waals surface area contributed by atoms with Crippen molar-refractivity contribution in [3.05, 3.63) is 82.2 Å². The monoisotopic (exact) mass is 427 g/mol. The molecule has 1 heterocycles. The number of hydrogen-bond acceptors (Lipinski definition) is 7. The molecule has 0 saturated carbocycles. The Bertz CT molecular complexity index is 875. The average Bonchev–Trinajstić information content (AvgIpc) is 2.77. The first-order valence-corrected chi connectivity index (χ1v) is 9.90. The van der Waals surface area contributed by atoms with Gasteiger partial charge in [0.1, 0.15) is 18.2 Å². The van der Waals surface area contributed by atoms with Crippen LogP contribution in [0.5, 0.6) is 0 Å². The van der Waals surface area contributed by atoms with E-state index in [2.05, 4.69) is 10.0 Å². The predicted octanol–water partition coefficient (Wildman–Crippen LogP) is 3.12. The van der Waals surface area contributed by atoms with Gasteiger partial charge in [0, 0.05) is 11.8 Å². The van der Waals surface area contributed by atoms with Gasteiger partial charge in [-0.2, -0.15) is 0 Å². The minimum absolute atomic E-state index is 0.0398. The molecule has 0 aromatic heterocycles. The second-order valence-electron chi connectivity index (χ2n) is 7.10. The minimum Gasteiger partial charge on any atom is -0.457 e. The number of nitrogens with zero attached hydrogens (tertiary/aromatic N) is 3. The summed E-state index contributed by atoms with van der Waals surface area (Å²) in [5, 5.41) is 14.1. The average molecular weight is 427 g/mol. The van der Waals surface area contributed by atoms with Crippen molar-refractivity contribution in [1.29, 1.82) is 0 Å². The Morgan fingerprint density at radius 3 is 2.26 bits per heavy atom. The molecule has 3 rings (SSSR count). The summed E-state index contributed by atoms with van der Waals surface area (Å²) in [5.41, 5.74) is 10.8. The topological polar surface area (TPSA) is 123 Å². The van der Waals surface area contributed by atoms with Crippen LogP contribution < -0.4 is 0 Å². The third kappa shape index (κ3) is 6.52. The predicted molar refractivity (Wildman–Crippen MR) is 110 cm³/mol. The van der Waals surface area contributed by atoms with Gasteiger partial charge < -0.3 is 24.1 Å². The zero-order chi connectivity index (χ0) is 22.1. The van der Waals surface area contributed by atoms with Gasteiger partial charge in [-0.25, -0.2) is 0 Å². The molecule has 4 unspecified atom stereocenters. The van der Waals surface area contributed by atoms with Crippen LogP contribution in [0.15, 0.2) is 65.8 Å². The van der Waals surface area contributed by atoms with Gasteiger partial charge in [0.15, 0.2) is 12.4 Å². The summed E-state index contributed by atoms with van der Waals surface area (Å²) >= 11 is 0. The van der Waals surface area contributed by atoms with E-state index in [1.165, 1.54) is 6.92 Å². The highest BCUT2D eigenvalue weighted by molar-refractivity contribution is 5.66. The van der Waals surface area contributed by atoms with Crippen LogP contribution in [0, 0.1) is 0 Å². The maximum atomic E-state index is 11.8. The number of hydrogen-bond donors (Lipinski definition) is 1. The first-order chi connectivity index (χ1) is 15.1. The van der Waals surface area contributed by atoms with Gasteiger partial charge >= 0.3 is 5.97 Å². The number of aliphatic hydroxyl groups is 1. The molecule has 1 aliphatic heterocycles. The maximum absolute atomic E-state index is 11.8. The number of ether oxygens (including phenoxy) is 4. The first-order valence-electron chi connectivity index (χ1n) is 9.90. The smallest absolute Gasteiger partial charge is 0.303 e. The molecule has 9 heteroatoms. The summed E-state index contributed by atoms with van der Waals surface area (Å²) in [6.45, 7) is 1.80. The summed E-state index contributed by atoms with van der Waals surface area (Å²) in [4.78, 5) is 14.6. The quantitative estimate of drug-likeness (QED) is 0.284. The van der Waals surface area contributed by atoms with Crippen molar-refractivity contribution >= 4 is 5.97 Å². The third-order valence-corrected chi connectivity index (χ3v) is 4.80. The molecule has 5 atom stereocenters. The lowest BCUT2D eigenvalue weighted by molar-refractivity contribution is -0.267. The molecule has 0 aliphatic carbocycles. The molecule has 1 aliphatic rings. The second kappa shape index (κ2) is 11.5. The van der Waals surface area contributed by atoms with Gasteiger partial charge in [-0.05, 0) is 16.7 Å². The molecule has 2 aromatic rings. The zero-order valence-electron chi connectivity index (χ0n) is 17.1. The van der Waals surface area contributed by atoms with Gasteiger partial charge in [0.25, 0.3) is 0 Å². The third-order valence-electron chi connectivity index (χ3n) is 4.80. The molecule has 2 aromatic carbocycles. The van der Waals surface area contributed by atoms with Gasteiger partial charge in [0.2, 0.25) is 0 Å². The fraction of sp³-hybridized carbons (Fsp3) is 0.409. The molecule has 9 nitrogen and oxygen atoms in total. The summed E-state index contributed by atoms with van der Waals surface area (Å²) < 4.78 is 22.8. The lowest BCUT2D eigenvalue weighted by atomic mass is 9.97. The van der Waals surface area contributed by atoms with Gasteiger partial charge in [-0.15, -0.1) is 0 Å². The summed E-state index contributed by atoms with van der Waals surface area (Å²) in [5.74, 6) is -0.550. The van der Waals surface area contributed by atoms with Gasteiger partial charge in [-0.1, -0.05) is 65.8 Å². The molecule has 0 radical (unpaired) electrons. The standard InChI is InChI=1S/C22H25N3O6/c1-15(26)30-20-18(14-28-12-16-8-4-2-5-9-16)31-22(27)19(24-25-23)21(20)29-13-17-10-6-3-7-11-17/h2-11,18-22,27H,12-14H2,1H3/t18?,19?,20-,21?,22?/m1/s1. The van der Waals surface area contributed by atoms with Crippen molar-refractivity contribution in [3.8, 4) is 0 Å². The normalized spacial score (nSPS) is 25.4. The number of esters is 1. The van der Waals surface area contributed by atoms with Crippen molar-refractivity contribution in [3.63, 3.8) is 0 Å². The van der Waals surface area contributed by atoms with Crippen LogP contribution in [0.2, 0.25) is 0 Å². The molecule has 1 saturated heterocycles. The van der Waals surface area contributed by atoms with Crippen LogP contribution in [0.4, 0.5) is 0 Å². The van der Waals surface area contributed by atoms with Crippen LogP contribution in [0.3, 0.4) is 0 Å². The summed E-state index contributed by atoms with van der Waals surface area (Å²) in [7, 11) is 0. The highest BCUT2D eigenvalue weighted by Gasteiger charge is 2.48. The Kier molecular flexibility index (Phi) is 8.40. The van der Waals surface area contributed by atoms with Crippen molar-refractivity contribution in [2.24, 2.45) is 5.11 Å². The fourth-order valence-corrected chi connectivity index (χ4v) is 3.38. The Hall–Kier alpha value is -2.94. The summed E-state index contributed by atoms with van der Waals surface area (Å²) in [6.07, 6.45) is -4.10. The van der Waals surface area contributed by atoms with E-state index in [0.717, 1.165) is 11.1 Å². The van der Waals surface area contributed by atoms with Crippen LogP contribution >= 0.6 is 0 Å². The van der Waals surface area contributed by atoms with Crippen molar-refractivity contribution in [1.82, 2.24) is 0 Å². The zero-order valence-corrected chi connectivity index (χ0v) is 17.1. The molecule has 31 heavy (non-hydrogen) atoms. The molecule has 0 amide bonds. The number of azide groups is 1. The number of carbonyl (C=O) groups is 1. The Balaban J connectivity index is 1.75. The Morgan fingerprint density at radius 2 is 1.68 bits per heavy atom. The van der Waals surface area contributed by atoms with Crippen molar-refractivity contribution < 1.29 is 28.8 Å². The minimum atomic E-state index is -1.44. The number of aliphatic hydroxyl groups excluding tert-OH is 1. The van der Waals surface area contributed by atoms with Crippen LogP contribution in [0.25, 0.3) is 10.4 Å². The molecule has 164 valence electrons. The Labute approximate surface area is 180 Å². The molecule has 0 bridgehead atoms. The Morgan fingerprint density at radius 1 is 1.06 bits per heavy atom. The fourth-order valence-electron chi connectivity index (χ4n) is 3.38. The number of benzene rings is 2. The van der Waals surface area contributed by atoms with E-state index in [-0.39, 0.29) is 13.2 Å². The van der Waals surface area contributed by atoms with Crippen LogP contribution in [-0.4, -0.2) is 48.3 Å². The summed E-state index contributed by atoms with van der Waals surface area (Å²) in [6, 6.07) is 17.8. The van der Waals surface area contributed by atoms with E-state index >= 15 is 0 Å². The van der Waals surface area contributed by atoms with E-state index in [0.29, 0.717) is 6.61 Å². The molecule has 0 spiro atoms. The van der Waals surface area contributed by atoms with E-state index in [9.17, 15) is 9.90 Å². The van der Waals surface area contributed by atoms with Gasteiger partial charge in [0.05, 0.1) is 19.8 Å². The van der Waals surface area contributed by atoms with Crippen LogP contribution in [-0.2, 0) is 37.0 Å². The lowest BCUT2D eigenvalue weighted by Gasteiger charge is -2.42. The van der Waals surface area contributed by atoms with Crippen molar-refractivity contribution in [2.45, 2.75) is 50.8 Å². The van der Waals surface area contributed by atoms with Gasteiger partial charge in [-0.3, -0.25) is 4.79 Å². The maximum Gasteiger partial charge on any atom is 0.303 e. The number of carbonyl (C=O) groups excluding carboxylic acids is 1. The molecular formula is C22H25N3O6. The van der Waals surface area contributed by atoms with Crippen molar-refractivity contribution in [2.75, 3.05) is 6.61 Å². The van der Waals surface area contributed by atoms with E-state index in [1.807, 2.05) is 60.7 Å². The van der Waals surface area contributed by atoms with E-state index < -0.39 is 36.6 Å². The SMILES string of the molecule is CC(=O)O[C@@H]1C(COCc2ccccc2)OC(O)C(N=[N+]=[N-])C1OCc1ccccc1.